The first kappa shape index (κ1) is 21.1. The number of aromatic nitrogens is 4. The van der Waals surface area contributed by atoms with Gasteiger partial charge in [0.2, 0.25) is 0 Å². The van der Waals surface area contributed by atoms with Crippen molar-refractivity contribution < 1.29 is 38.8 Å². The molecular weight excluding hydrogens is 423 g/mol. The highest BCUT2D eigenvalue weighted by atomic mass is 31.2. The van der Waals surface area contributed by atoms with Crippen LogP contribution in [-0.2, 0) is 18.6 Å². The average Bonchev–Trinajstić information content (AvgIpc) is 3.41. The van der Waals surface area contributed by atoms with Crippen molar-refractivity contribution >= 4 is 30.7 Å². The predicted molar refractivity (Wildman–Crippen MR) is 98.8 cm³/mol. The molecule has 15 heteroatoms. The molecule has 2 fully saturated rings. The quantitative estimate of drug-likeness (QED) is 0.324. The van der Waals surface area contributed by atoms with Gasteiger partial charge in [-0.2, -0.15) is 0 Å². The van der Waals surface area contributed by atoms with Crippen LogP contribution in [0.4, 0.5) is 5.82 Å². The highest BCUT2D eigenvalue weighted by Gasteiger charge is 2.46. The molecule has 6 atom stereocenters. The normalized spacial score (nSPS) is 31.9. The number of carbonyl (C=O) groups is 1. The summed E-state index contributed by atoms with van der Waals surface area (Å²) in [4.78, 5) is 33.2. The number of fused-ring (bicyclic) bond motifs is 1. The maximum Gasteiger partial charge on any atom is 0.405 e. The number of ether oxygens (including phenoxy) is 1. The van der Waals surface area contributed by atoms with Gasteiger partial charge in [0.25, 0.3) is 0 Å². The van der Waals surface area contributed by atoms with Crippen LogP contribution in [0.5, 0.6) is 0 Å². The Hall–Kier alpha value is -2.19. The Morgan fingerprint density at radius 3 is 2.80 bits per heavy atom. The zero-order valence-corrected chi connectivity index (χ0v) is 16.4. The lowest BCUT2D eigenvalue weighted by Gasteiger charge is -2.23. The first-order valence-corrected chi connectivity index (χ1v) is 10.6. The fourth-order valence-electron chi connectivity index (χ4n) is 3.58. The Balaban J connectivity index is 1.44. The van der Waals surface area contributed by atoms with Gasteiger partial charge < -0.3 is 30.7 Å². The third kappa shape index (κ3) is 3.67. The molecule has 2 aliphatic heterocycles. The van der Waals surface area contributed by atoms with E-state index in [1.807, 2.05) is 0 Å². The summed E-state index contributed by atoms with van der Waals surface area (Å²) >= 11 is 0. The van der Waals surface area contributed by atoms with Gasteiger partial charge in [-0.3, -0.25) is 13.9 Å². The maximum absolute atomic E-state index is 12.5. The van der Waals surface area contributed by atoms with Crippen LogP contribution in [0.15, 0.2) is 12.7 Å². The number of nitrogens with two attached hydrogens (primary N) is 1. The van der Waals surface area contributed by atoms with Crippen LogP contribution < -0.4 is 5.73 Å². The summed E-state index contributed by atoms with van der Waals surface area (Å²) < 4.78 is 25.6. The van der Waals surface area contributed by atoms with E-state index in [0.717, 1.165) is 4.67 Å². The lowest BCUT2D eigenvalue weighted by Crippen LogP contribution is -2.34. The van der Waals surface area contributed by atoms with Crippen molar-refractivity contribution in [1.82, 2.24) is 24.2 Å². The van der Waals surface area contributed by atoms with Crippen molar-refractivity contribution in [3.63, 3.8) is 0 Å². The fourth-order valence-corrected chi connectivity index (χ4v) is 4.85. The molecule has 0 radical (unpaired) electrons. The largest absolute Gasteiger partial charge is 0.481 e. The SMILES string of the molecule is Nc1ncnc2c1ncn2[C@@H]1O[C@H](COP(=O)(O)N2CC[C@H](C(=O)O)C2)[C@@H](O)[C@H]1O. The van der Waals surface area contributed by atoms with Crippen molar-refractivity contribution in [1.29, 1.82) is 0 Å². The smallest absolute Gasteiger partial charge is 0.405 e. The number of nitrogens with zero attached hydrogens (tertiary/aromatic N) is 5. The number of anilines is 1. The highest BCUT2D eigenvalue weighted by Crippen LogP contribution is 2.49. The van der Waals surface area contributed by atoms with Crippen molar-refractivity contribution in [2.45, 2.75) is 31.0 Å². The monoisotopic (exact) mass is 444 g/mol. The van der Waals surface area contributed by atoms with Crippen molar-refractivity contribution in [3.8, 4) is 0 Å². The number of carboxylic acids is 1. The molecular formula is C15H21N6O8P. The molecule has 30 heavy (non-hydrogen) atoms. The van der Waals surface area contributed by atoms with Crippen molar-refractivity contribution in [2.75, 3.05) is 25.4 Å². The Bertz CT molecular complexity index is 1000. The van der Waals surface area contributed by atoms with Crippen LogP contribution in [0.2, 0.25) is 0 Å². The second kappa shape index (κ2) is 7.81. The molecule has 0 amide bonds. The summed E-state index contributed by atoms with van der Waals surface area (Å²) in [5, 5.41) is 29.8. The molecule has 4 heterocycles. The summed E-state index contributed by atoms with van der Waals surface area (Å²) in [6, 6.07) is 0. The summed E-state index contributed by atoms with van der Waals surface area (Å²) in [5.74, 6) is -1.66. The molecule has 2 saturated heterocycles. The molecule has 0 aromatic carbocycles. The Morgan fingerprint density at radius 1 is 1.33 bits per heavy atom. The summed E-state index contributed by atoms with van der Waals surface area (Å²) in [6.07, 6.45) is -2.26. The lowest BCUT2D eigenvalue weighted by atomic mass is 10.1. The number of aliphatic hydroxyl groups excluding tert-OH is 2. The van der Waals surface area contributed by atoms with Gasteiger partial charge in [0.15, 0.2) is 17.7 Å². The van der Waals surface area contributed by atoms with E-state index >= 15 is 0 Å². The van der Waals surface area contributed by atoms with Gasteiger partial charge in [-0.25, -0.2) is 24.2 Å². The third-order valence-electron chi connectivity index (χ3n) is 5.28. The average molecular weight is 444 g/mol. The molecule has 0 saturated carbocycles. The molecule has 2 aliphatic rings. The second-order valence-electron chi connectivity index (χ2n) is 7.15. The predicted octanol–water partition coefficient (Wildman–Crippen LogP) is -1.45. The van der Waals surface area contributed by atoms with E-state index in [1.165, 1.54) is 17.2 Å². The van der Waals surface area contributed by atoms with Crippen LogP contribution in [0.1, 0.15) is 12.6 Å². The minimum atomic E-state index is -4.30. The summed E-state index contributed by atoms with van der Waals surface area (Å²) in [7, 11) is -4.30. The first-order chi connectivity index (χ1) is 14.2. The first-order valence-electron chi connectivity index (χ1n) is 9.09. The number of hydrogen-bond acceptors (Lipinski definition) is 10. The van der Waals surface area contributed by atoms with E-state index in [9.17, 15) is 24.5 Å². The molecule has 164 valence electrons. The molecule has 2 aromatic rings. The molecule has 6 N–H and O–H groups in total. The molecule has 0 spiro atoms. The molecule has 4 rings (SSSR count). The Morgan fingerprint density at radius 2 is 2.10 bits per heavy atom. The van der Waals surface area contributed by atoms with Gasteiger partial charge in [0.05, 0.1) is 18.9 Å². The second-order valence-corrected chi connectivity index (χ2v) is 8.96. The number of imidazole rings is 1. The number of aliphatic carboxylic acids is 1. The minimum absolute atomic E-state index is 0.0895. The number of hydrogen-bond donors (Lipinski definition) is 5. The van der Waals surface area contributed by atoms with Gasteiger partial charge in [0, 0.05) is 13.1 Å². The summed E-state index contributed by atoms with van der Waals surface area (Å²) in [5.41, 5.74) is 6.32. The van der Waals surface area contributed by atoms with Crippen molar-refractivity contribution in [3.05, 3.63) is 12.7 Å². The van der Waals surface area contributed by atoms with Crippen LogP contribution in [0.25, 0.3) is 11.2 Å². The van der Waals surface area contributed by atoms with Gasteiger partial charge in [-0.1, -0.05) is 0 Å². The zero-order chi connectivity index (χ0) is 21.6. The fraction of sp³-hybridized carbons (Fsp3) is 0.600. The Kier molecular flexibility index (Phi) is 5.48. The van der Waals surface area contributed by atoms with Crippen LogP contribution >= 0.6 is 7.75 Å². The van der Waals surface area contributed by atoms with Crippen LogP contribution in [0.3, 0.4) is 0 Å². The van der Waals surface area contributed by atoms with E-state index in [4.69, 9.17) is 20.1 Å². The minimum Gasteiger partial charge on any atom is -0.481 e. The van der Waals surface area contributed by atoms with Gasteiger partial charge >= 0.3 is 13.7 Å². The van der Waals surface area contributed by atoms with Gasteiger partial charge in [0.1, 0.15) is 30.2 Å². The zero-order valence-electron chi connectivity index (χ0n) is 15.6. The number of rotatable bonds is 6. The lowest BCUT2D eigenvalue weighted by molar-refractivity contribution is -0.141. The van der Waals surface area contributed by atoms with Crippen LogP contribution in [-0.4, -0.2) is 88.4 Å². The standard InChI is InChI=1S/C15H21N6O8P/c16-12-9-13(18-5-17-12)21(6-19-9)14-11(23)10(22)8(29-14)4-28-30(26,27)20-2-1-7(3-20)15(24)25/h5-8,10-11,14,22-23H,1-4H2,(H,24,25)(H,26,27)(H2,16,17,18)/t7-,8+,10+,11+,14+/m0/s1. The van der Waals surface area contributed by atoms with Gasteiger partial charge in [-0.15, -0.1) is 0 Å². The van der Waals surface area contributed by atoms with E-state index < -0.39 is 50.8 Å². The third-order valence-corrected chi connectivity index (χ3v) is 6.84. The summed E-state index contributed by atoms with van der Waals surface area (Å²) in [6.45, 7) is -0.530. The molecule has 1 unspecified atom stereocenters. The molecule has 2 aromatic heterocycles. The van der Waals surface area contributed by atoms with E-state index in [-0.39, 0.29) is 31.0 Å². The highest BCUT2D eigenvalue weighted by molar-refractivity contribution is 7.50. The Labute approximate surface area is 169 Å². The van der Waals surface area contributed by atoms with E-state index in [1.54, 1.807) is 0 Å². The van der Waals surface area contributed by atoms with Gasteiger partial charge in [-0.05, 0) is 6.42 Å². The van der Waals surface area contributed by atoms with Crippen LogP contribution in [0, 0.1) is 5.92 Å². The molecule has 14 nitrogen and oxygen atoms in total. The number of aliphatic hydroxyl groups is 2. The topological polar surface area (TPSA) is 206 Å². The number of nitrogen functional groups attached to an aromatic ring is 1. The van der Waals surface area contributed by atoms with E-state index in [0.29, 0.717) is 5.52 Å². The molecule has 0 bridgehead atoms. The van der Waals surface area contributed by atoms with Crippen molar-refractivity contribution in [2.24, 2.45) is 5.92 Å². The maximum atomic E-state index is 12.5. The molecule has 0 aliphatic carbocycles. The van der Waals surface area contributed by atoms with E-state index in [2.05, 4.69) is 15.0 Å². The number of carboxylic acid groups (broad SMARTS) is 1.